The maximum Gasteiger partial charge on any atom is 0.306 e. The highest BCUT2D eigenvalue weighted by Crippen LogP contribution is 2.22. The van der Waals surface area contributed by atoms with E-state index in [0.717, 1.165) is 12.8 Å². The van der Waals surface area contributed by atoms with E-state index in [2.05, 4.69) is 6.92 Å². The first-order valence-corrected chi connectivity index (χ1v) is 10.1. The third kappa shape index (κ3) is 10.5. The highest BCUT2D eigenvalue weighted by atomic mass is 16.6. The van der Waals surface area contributed by atoms with Crippen LogP contribution < -0.4 is 0 Å². The molecule has 0 saturated carbocycles. The van der Waals surface area contributed by atoms with E-state index in [1.54, 1.807) is 0 Å². The number of carbonyl (C=O) groups excluding carboxylic acids is 2. The SMILES string of the molecule is CCCCCCCCCCCCCC(=O)OC[C@@H]1CC(=O)O[C@H]1CO. The molecule has 1 saturated heterocycles. The Balaban J connectivity index is 1.90. The summed E-state index contributed by atoms with van der Waals surface area (Å²) in [6.45, 7) is 2.19. The number of esters is 2. The van der Waals surface area contributed by atoms with Gasteiger partial charge >= 0.3 is 11.9 Å². The standard InChI is InChI=1S/C20H36O5/c1-2-3-4-5-6-7-8-9-10-11-12-13-19(22)24-16-17-14-20(23)25-18(17)15-21/h17-18,21H,2-16H2,1H3/t17-,18-/m0/s1. The van der Waals surface area contributed by atoms with Gasteiger partial charge in [0.15, 0.2) is 0 Å². The third-order valence-corrected chi connectivity index (χ3v) is 4.86. The molecule has 0 bridgehead atoms. The van der Waals surface area contributed by atoms with Crippen LogP contribution in [0.1, 0.15) is 90.4 Å². The van der Waals surface area contributed by atoms with E-state index in [4.69, 9.17) is 14.6 Å². The van der Waals surface area contributed by atoms with Crippen molar-refractivity contribution >= 4 is 11.9 Å². The minimum absolute atomic E-state index is 0.161. The molecule has 0 amide bonds. The van der Waals surface area contributed by atoms with Gasteiger partial charge in [-0.1, -0.05) is 71.1 Å². The molecule has 0 aromatic carbocycles. The van der Waals surface area contributed by atoms with Gasteiger partial charge in [-0.3, -0.25) is 9.59 Å². The molecule has 0 unspecified atom stereocenters. The Bertz CT molecular complexity index is 369. The lowest BCUT2D eigenvalue weighted by atomic mass is 10.0. The minimum atomic E-state index is -0.526. The fourth-order valence-corrected chi connectivity index (χ4v) is 3.22. The van der Waals surface area contributed by atoms with Crippen LogP contribution in [-0.2, 0) is 19.1 Å². The Morgan fingerprint density at radius 2 is 1.60 bits per heavy atom. The Labute approximate surface area is 152 Å². The molecular formula is C20H36O5. The third-order valence-electron chi connectivity index (χ3n) is 4.86. The molecule has 2 atom stereocenters. The fraction of sp³-hybridized carbons (Fsp3) is 0.900. The molecule has 5 nitrogen and oxygen atoms in total. The van der Waals surface area contributed by atoms with Crippen LogP contribution >= 0.6 is 0 Å². The average molecular weight is 357 g/mol. The van der Waals surface area contributed by atoms with Crippen molar-refractivity contribution in [1.29, 1.82) is 0 Å². The molecular weight excluding hydrogens is 320 g/mol. The topological polar surface area (TPSA) is 72.8 Å². The molecule has 146 valence electrons. The van der Waals surface area contributed by atoms with E-state index >= 15 is 0 Å². The first kappa shape index (κ1) is 21.9. The quantitative estimate of drug-likeness (QED) is 0.352. The van der Waals surface area contributed by atoms with Crippen LogP contribution in [0.5, 0.6) is 0 Å². The normalized spacial score (nSPS) is 19.8. The summed E-state index contributed by atoms with van der Waals surface area (Å²) in [5.74, 6) is -0.754. The van der Waals surface area contributed by atoms with Crippen LogP contribution in [0.25, 0.3) is 0 Å². The summed E-state index contributed by atoms with van der Waals surface area (Å²) in [6, 6.07) is 0. The Kier molecular flexibility index (Phi) is 12.4. The predicted molar refractivity (Wildman–Crippen MR) is 97.1 cm³/mol. The maximum atomic E-state index is 11.7. The van der Waals surface area contributed by atoms with Gasteiger partial charge < -0.3 is 14.6 Å². The summed E-state index contributed by atoms with van der Waals surface area (Å²) in [7, 11) is 0. The summed E-state index contributed by atoms with van der Waals surface area (Å²) >= 11 is 0. The van der Waals surface area contributed by atoms with Gasteiger partial charge in [0.05, 0.1) is 19.6 Å². The molecule has 0 radical (unpaired) electrons. The van der Waals surface area contributed by atoms with Crippen molar-refractivity contribution in [2.45, 2.75) is 96.5 Å². The summed E-state index contributed by atoms with van der Waals surface area (Å²) in [5.41, 5.74) is 0. The van der Waals surface area contributed by atoms with E-state index in [1.807, 2.05) is 0 Å². The lowest BCUT2D eigenvalue weighted by molar-refractivity contribution is -0.146. The predicted octanol–water partition coefficient (Wildman–Crippen LogP) is 4.15. The molecule has 1 N–H and O–H groups in total. The second-order valence-electron chi connectivity index (χ2n) is 7.14. The van der Waals surface area contributed by atoms with Gasteiger partial charge in [-0.15, -0.1) is 0 Å². The Morgan fingerprint density at radius 1 is 1.04 bits per heavy atom. The smallest absolute Gasteiger partial charge is 0.306 e. The van der Waals surface area contributed by atoms with Crippen molar-refractivity contribution in [2.24, 2.45) is 5.92 Å². The average Bonchev–Trinajstić information content (AvgIpc) is 2.97. The molecule has 1 aliphatic heterocycles. The summed E-state index contributed by atoms with van der Waals surface area (Å²) in [4.78, 5) is 22.9. The second-order valence-corrected chi connectivity index (χ2v) is 7.14. The molecule has 1 fully saturated rings. The highest BCUT2D eigenvalue weighted by molar-refractivity contribution is 5.72. The largest absolute Gasteiger partial charge is 0.465 e. The fourth-order valence-electron chi connectivity index (χ4n) is 3.22. The monoisotopic (exact) mass is 356 g/mol. The van der Waals surface area contributed by atoms with E-state index in [1.165, 1.54) is 57.8 Å². The molecule has 25 heavy (non-hydrogen) atoms. The van der Waals surface area contributed by atoms with Gasteiger partial charge in [0.25, 0.3) is 0 Å². The van der Waals surface area contributed by atoms with Crippen molar-refractivity contribution in [3.63, 3.8) is 0 Å². The summed E-state index contributed by atoms with van der Waals surface area (Å²) < 4.78 is 10.2. The molecule has 0 aromatic rings. The second kappa shape index (κ2) is 14.1. The number of cyclic esters (lactones) is 1. The van der Waals surface area contributed by atoms with Gasteiger partial charge in [0.1, 0.15) is 6.10 Å². The summed E-state index contributed by atoms with van der Waals surface area (Å²) in [5, 5.41) is 9.12. The molecule has 1 aliphatic rings. The van der Waals surface area contributed by atoms with E-state index in [0.29, 0.717) is 6.42 Å². The van der Waals surface area contributed by atoms with E-state index in [9.17, 15) is 9.59 Å². The van der Waals surface area contributed by atoms with Crippen LogP contribution in [0.3, 0.4) is 0 Å². The van der Waals surface area contributed by atoms with Crippen molar-refractivity contribution in [3.05, 3.63) is 0 Å². The van der Waals surface area contributed by atoms with Crippen molar-refractivity contribution in [2.75, 3.05) is 13.2 Å². The molecule has 1 heterocycles. The van der Waals surface area contributed by atoms with Crippen LogP contribution in [0.2, 0.25) is 0 Å². The zero-order valence-corrected chi connectivity index (χ0v) is 15.8. The maximum absolute atomic E-state index is 11.7. The Hall–Kier alpha value is -1.10. The van der Waals surface area contributed by atoms with Crippen molar-refractivity contribution in [1.82, 2.24) is 0 Å². The first-order valence-electron chi connectivity index (χ1n) is 10.1. The zero-order valence-electron chi connectivity index (χ0n) is 15.8. The molecule has 0 aromatic heterocycles. The number of aliphatic hydroxyl groups is 1. The van der Waals surface area contributed by atoms with Crippen LogP contribution in [0.4, 0.5) is 0 Å². The molecule has 0 aliphatic carbocycles. The van der Waals surface area contributed by atoms with E-state index in [-0.39, 0.29) is 37.5 Å². The number of rotatable bonds is 15. The van der Waals surface area contributed by atoms with Crippen molar-refractivity contribution in [3.8, 4) is 0 Å². The van der Waals surface area contributed by atoms with E-state index < -0.39 is 6.10 Å². The molecule has 5 heteroatoms. The van der Waals surface area contributed by atoms with Crippen LogP contribution in [0, 0.1) is 5.92 Å². The van der Waals surface area contributed by atoms with Gasteiger partial charge in [-0.25, -0.2) is 0 Å². The lowest BCUT2D eigenvalue weighted by Crippen LogP contribution is -2.25. The molecule has 1 rings (SSSR count). The van der Waals surface area contributed by atoms with Crippen LogP contribution in [-0.4, -0.2) is 36.4 Å². The zero-order chi connectivity index (χ0) is 18.3. The number of aliphatic hydroxyl groups excluding tert-OH is 1. The van der Waals surface area contributed by atoms with Gasteiger partial charge in [0.2, 0.25) is 0 Å². The number of ether oxygens (including phenoxy) is 2. The number of unbranched alkanes of at least 4 members (excludes halogenated alkanes) is 10. The number of carbonyl (C=O) groups is 2. The minimum Gasteiger partial charge on any atom is -0.465 e. The Morgan fingerprint density at radius 3 is 2.16 bits per heavy atom. The highest BCUT2D eigenvalue weighted by Gasteiger charge is 2.35. The lowest BCUT2D eigenvalue weighted by Gasteiger charge is -2.14. The van der Waals surface area contributed by atoms with Gasteiger partial charge in [0, 0.05) is 12.3 Å². The number of hydrogen-bond acceptors (Lipinski definition) is 5. The molecule has 0 spiro atoms. The van der Waals surface area contributed by atoms with Crippen molar-refractivity contribution < 1.29 is 24.2 Å². The van der Waals surface area contributed by atoms with Gasteiger partial charge in [-0.05, 0) is 6.42 Å². The first-order chi connectivity index (χ1) is 12.2. The number of hydrogen-bond donors (Lipinski definition) is 1. The summed E-state index contributed by atoms with van der Waals surface area (Å²) in [6.07, 6.45) is 13.9. The van der Waals surface area contributed by atoms with Gasteiger partial charge in [-0.2, -0.15) is 0 Å². The van der Waals surface area contributed by atoms with Crippen LogP contribution in [0.15, 0.2) is 0 Å².